The zero-order chi connectivity index (χ0) is 19.9. The van der Waals surface area contributed by atoms with E-state index in [2.05, 4.69) is 10.2 Å². The van der Waals surface area contributed by atoms with Crippen LogP contribution in [0.1, 0.15) is 43.0 Å². The fraction of sp³-hybridized carbons (Fsp3) is 0.571. The minimum Gasteiger partial charge on any atom is -0.355 e. The molecule has 0 atom stereocenters. The van der Waals surface area contributed by atoms with Crippen molar-refractivity contribution in [1.29, 1.82) is 0 Å². The SMILES string of the molecule is CCNC(=O)CN1CCCN(C(=O)c2ccc(N3CCCCC3=O)cc2)CC1. The Morgan fingerprint density at radius 2 is 1.75 bits per heavy atom. The smallest absolute Gasteiger partial charge is 0.253 e. The molecular weight excluding hydrogens is 356 g/mol. The van der Waals surface area contributed by atoms with Gasteiger partial charge < -0.3 is 15.1 Å². The topological polar surface area (TPSA) is 73.0 Å². The third-order valence-electron chi connectivity index (χ3n) is 5.37. The minimum absolute atomic E-state index is 0.0105. The summed E-state index contributed by atoms with van der Waals surface area (Å²) >= 11 is 0. The Hall–Kier alpha value is -2.41. The van der Waals surface area contributed by atoms with E-state index in [0.717, 1.165) is 38.0 Å². The van der Waals surface area contributed by atoms with Gasteiger partial charge in [0.15, 0.2) is 0 Å². The Morgan fingerprint density at radius 1 is 0.964 bits per heavy atom. The zero-order valence-corrected chi connectivity index (χ0v) is 16.7. The summed E-state index contributed by atoms with van der Waals surface area (Å²) in [4.78, 5) is 42.5. The molecule has 0 unspecified atom stereocenters. The number of anilines is 1. The van der Waals surface area contributed by atoms with Crippen molar-refractivity contribution in [1.82, 2.24) is 15.1 Å². The van der Waals surface area contributed by atoms with Gasteiger partial charge >= 0.3 is 0 Å². The molecule has 2 aliphatic heterocycles. The standard InChI is InChI=1S/C21H30N4O3/c1-2-22-19(26)16-23-11-5-12-24(15-14-23)21(28)17-7-9-18(10-8-17)25-13-4-3-6-20(25)27/h7-10H,2-6,11-16H2,1H3,(H,22,26). The van der Waals surface area contributed by atoms with Gasteiger partial charge in [0.05, 0.1) is 6.54 Å². The first-order valence-corrected chi connectivity index (χ1v) is 10.3. The molecule has 1 aromatic carbocycles. The number of hydrogen-bond acceptors (Lipinski definition) is 4. The highest BCUT2D eigenvalue weighted by Crippen LogP contribution is 2.22. The monoisotopic (exact) mass is 386 g/mol. The molecule has 152 valence electrons. The number of amides is 3. The van der Waals surface area contributed by atoms with Crippen molar-refractivity contribution in [3.05, 3.63) is 29.8 Å². The third-order valence-corrected chi connectivity index (χ3v) is 5.37. The molecule has 7 heteroatoms. The molecule has 1 aromatic rings. The fourth-order valence-corrected chi connectivity index (χ4v) is 3.83. The van der Waals surface area contributed by atoms with Crippen LogP contribution < -0.4 is 10.2 Å². The molecule has 0 bridgehead atoms. The molecule has 3 amide bonds. The average Bonchev–Trinajstić information content (AvgIpc) is 2.94. The van der Waals surface area contributed by atoms with E-state index in [1.165, 1.54) is 0 Å². The van der Waals surface area contributed by atoms with Crippen LogP contribution in [0.4, 0.5) is 5.69 Å². The van der Waals surface area contributed by atoms with Crippen LogP contribution >= 0.6 is 0 Å². The van der Waals surface area contributed by atoms with Crippen molar-refractivity contribution in [3.63, 3.8) is 0 Å². The summed E-state index contributed by atoms with van der Waals surface area (Å²) in [5.41, 5.74) is 1.51. The Balaban J connectivity index is 1.57. The van der Waals surface area contributed by atoms with Crippen molar-refractivity contribution in [2.24, 2.45) is 0 Å². The van der Waals surface area contributed by atoms with Gasteiger partial charge in [0.1, 0.15) is 0 Å². The number of hydrogen-bond donors (Lipinski definition) is 1. The molecule has 0 spiro atoms. The lowest BCUT2D eigenvalue weighted by Crippen LogP contribution is -2.40. The maximum absolute atomic E-state index is 12.9. The maximum Gasteiger partial charge on any atom is 0.253 e. The number of carbonyl (C=O) groups is 3. The minimum atomic E-state index is 0.0105. The Labute approximate surface area is 166 Å². The number of rotatable bonds is 5. The van der Waals surface area contributed by atoms with Gasteiger partial charge in [0.25, 0.3) is 5.91 Å². The molecule has 1 N–H and O–H groups in total. The third kappa shape index (κ3) is 5.10. The van der Waals surface area contributed by atoms with Crippen molar-refractivity contribution in [2.45, 2.75) is 32.6 Å². The van der Waals surface area contributed by atoms with Gasteiger partial charge in [-0.2, -0.15) is 0 Å². The van der Waals surface area contributed by atoms with Crippen molar-refractivity contribution in [3.8, 4) is 0 Å². The average molecular weight is 386 g/mol. The first-order valence-electron chi connectivity index (χ1n) is 10.3. The molecule has 0 aromatic heterocycles. The lowest BCUT2D eigenvalue weighted by Gasteiger charge is -2.27. The van der Waals surface area contributed by atoms with E-state index in [-0.39, 0.29) is 17.7 Å². The van der Waals surface area contributed by atoms with E-state index < -0.39 is 0 Å². The molecule has 7 nitrogen and oxygen atoms in total. The van der Waals surface area contributed by atoms with Crippen LogP contribution in [0.3, 0.4) is 0 Å². The molecule has 2 fully saturated rings. The van der Waals surface area contributed by atoms with Crippen LogP contribution in [0.15, 0.2) is 24.3 Å². The predicted octanol–water partition coefficient (Wildman–Crippen LogP) is 1.49. The van der Waals surface area contributed by atoms with E-state index in [9.17, 15) is 14.4 Å². The zero-order valence-electron chi connectivity index (χ0n) is 16.7. The summed E-state index contributed by atoms with van der Waals surface area (Å²) in [7, 11) is 0. The van der Waals surface area contributed by atoms with Crippen molar-refractivity contribution < 1.29 is 14.4 Å². The van der Waals surface area contributed by atoms with E-state index in [1.54, 1.807) is 0 Å². The summed E-state index contributed by atoms with van der Waals surface area (Å²) in [6.45, 7) is 6.50. The highest BCUT2D eigenvalue weighted by Gasteiger charge is 2.23. The van der Waals surface area contributed by atoms with Crippen molar-refractivity contribution >= 4 is 23.4 Å². The van der Waals surface area contributed by atoms with E-state index in [1.807, 2.05) is 41.0 Å². The number of likely N-dealkylation sites (N-methyl/N-ethyl adjacent to an activating group) is 1. The predicted molar refractivity (Wildman–Crippen MR) is 108 cm³/mol. The highest BCUT2D eigenvalue weighted by molar-refractivity contribution is 5.97. The molecule has 0 radical (unpaired) electrons. The van der Waals surface area contributed by atoms with Gasteiger partial charge in [0, 0.05) is 56.9 Å². The largest absolute Gasteiger partial charge is 0.355 e. The second-order valence-corrected chi connectivity index (χ2v) is 7.42. The number of nitrogens with one attached hydrogen (secondary N) is 1. The van der Waals surface area contributed by atoms with Gasteiger partial charge in [-0.15, -0.1) is 0 Å². The number of benzene rings is 1. The summed E-state index contributed by atoms with van der Waals surface area (Å²) in [6.07, 6.45) is 3.43. The number of carbonyl (C=O) groups excluding carboxylic acids is 3. The van der Waals surface area contributed by atoms with E-state index in [4.69, 9.17) is 0 Å². The van der Waals surface area contributed by atoms with Gasteiger partial charge in [0.2, 0.25) is 11.8 Å². The summed E-state index contributed by atoms with van der Waals surface area (Å²) < 4.78 is 0. The molecule has 2 aliphatic rings. The lowest BCUT2D eigenvalue weighted by molar-refractivity contribution is -0.122. The Morgan fingerprint density at radius 3 is 2.46 bits per heavy atom. The van der Waals surface area contributed by atoms with Crippen LogP contribution in [-0.4, -0.2) is 73.3 Å². The number of piperidine rings is 1. The van der Waals surface area contributed by atoms with Crippen LogP contribution in [0.5, 0.6) is 0 Å². The first kappa shape index (κ1) is 20.3. The maximum atomic E-state index is 12.9. The Kier molecular flexibility index (Phi) is 7.03. The van der Waals surface area contributed by atoms with Crippen molar-refractivity contribution in [2.75, 3.05) is 50.7 Å². The molecule has 2 heterocycles. The summed E-state index contributed by atoms with van der Waals surface area (Å²) in [5.74, 6) is 0.201. The molecular formula is C21H30N4O3. The van der Waals surface area contributed by atoms with Crippen LogP contribution in [0.25, 0.3) is 0 Å². The second kappa shape index (κ2) is 9.68. The summed E-state index contributed by atoms with van der Waals surface area (Å²) in [6, 6.07) is 7.37. The van der Waals surface area contributed by atoms with Gasteiger partial charge in [-0.05, 0) is 50.5 Å². The van der Waals surface area contributed by atoms with Crippen LogP contribution in [0.2, 0.25) is 0 Å². The normalized spacial score (nSPS) is 18.7. The quantitative estimate of drug-likeness (QED) is 0.832. The van der Waals surface area contributed by atoms with Crippen LogP contribution in [0, 0.1) is 0 Å². The summed E-state index contributed by atoms with van der Waals surface area (Å²) in [5, 5.41) is 2.82. The van der Waals surface area contributed by atoms with Crippen LogP contribution in [-0.2, 0) is 9.59 Å². The Bertz CT molecular complexity index is 704. The first-order chi connectivity index (χ1) is 13.6. The molecule has 0 aliphatic carbocycles. The second-order valence-electron chi connectivity index (χ2n) is 7.42. The molecule has 0 saturated carbocycles. The van der Waals surface area contributed by atoms with Gasteiger partial charge in [-0.1, -0.05) is 0 Å². The molecule has 28 heavy (non-hydrogen) atoms. The number of nitrogens with zero attached hydrogens (tertiary/aromatic N) is 3. The highest BCUT2D eigenvalue weighted by atomic mass is 16.2. The van der Waals surface area contributed by atoms with Gasteiger partial charge in [-0.3, -0.25) is 19.3 Å². The molecule has 2 saturated heterocycles. The van der Waals surface area contributed by atoms with E-state index >= 15 is 0 Å². The van der Waals surface area contributed by atoms with Gasteiger partial charge in [-0.25, -0.2) is 0 Å². The fourth-order valence-electron chi connectivity index (χ4n) is 3.83. The van der Waals surface area contributed by atoms with E-state index in [0.29, 0.717) is 44.7 Å². The molecule has 3 rings (SSSR count). The lowest BCUT2D eigenvalue weighted by atomic mass is 10.1.